The highest BCUT2D eigenvalue weighted by atomic mass is 35.5. The summed E-state index contributed by atoms with van der Waals surface area (Å²) in [6, 6.07) is 12.7. The average Bonchev–Trinajstić information content (AvgIpc) is 3.14. The number of nitrogens with zero attached hydrogens (tertiary/aromatic N) is 3. The Kier molecular flexibility index (Phi) is 8.13. The van der Waals surface area contributed by atoms with Crippen molar-refractivity contribution in [1.82, 2.24) is 14.7 Å². The van der Waals surface area contributed by atoms with E-state index in [1.165, 1.54) is 21.7 Å². The first-order valence-electron chi connectivity index (χ1n) is 10.0. The second-order valence-corrected chi connectivity index (χ2v) is 7.83. The third-order valence-corrected chi connectivity index (χ3v) is 5.29. The zero-order valence-electron chi connectivity index (χ0n) is 17.7. The van der Waals surface area contributed by atoms with Crippen molar-refractivity contribution in [1.29, 1.82) is 0 Å². The Labute approximate surface area is 200 Å². The molecule has 174 valence electrons. The molecule has 0 aliphatic rings. The number of likely N-dealkylation sites (N-methyl/N-ethyl adjacent to an activating group) is 1. The van der Waals surface area contributed by atoms with Crippen molar-refractivity contribution in [3.8, 4) is 11.3 Å². The maximum absolute atomic E-state index is 13.5. The van der Waals surface area contributed by atoms with Gasteiger partial charge in [-0.05, 0) is 37.3 Å². The summed E-state index contributed by atoms with van der Waals surface area (Å²) >= 11 is 11.5. The van der Waals surface area contributed by atoms with Gasteiger partial charge in [-0.3, -0.25) is 10.1 Å². The first-order chi connectivity index (χ1) is 15.8. The second kappa shape index (κ2) is 11.0. The van der Waals surface area contributed by atoms with E-state index in [9.17, 15) is 14.0 Å². The lowest BCUT2D eigenvalue weighted by molar-refractivity contribution is -0.132. The van der Waals surface area contributed by atoms with Crippen molar-refractivity contribution in [3.05, 3.63) is 64.4 Å². The number of amides is 2. The molecule has 1 heterocycles. The SMILES string of the molecule is CCN(CCOC(=O)Nc1ccc(Cl)c(F)c1)C(=O)Cn1nc(-c2ccc(Cl)cc2)cc1N. The number of nitrogen functional groups attached to an aromatic ring is 1. The Morgan fingerprint density at radius 3 is 2.58 bits per heavy atom. The van der Waals surface area contributed by atoms with Crippen LogP contribution in [0.2, 0.25) is 10.0 Å². The molecule has 0 fully saturated rings. The molecule has 3 rings (SSSR count). The summed E-state index contributed by atoms with van der Waals surface area (Å²) in [7, 11) is 0. The van der Waals surface area contributed by atoms with Crippen molar-refractivity contribution in [2.75, 3.05) is 30.7 Å². The van der Waals surface area contributed by atoms with Gasteiger partial charge in [0.05, 0.1) is 17.3 Å². The number of nitrogens with two attached hydrogens (primary N) is 1. The number of benzene rings is 2. The summed E-state index contributed by atoms with van der Waals surface area (Å²) in [6.07, 6.45) is -0.774. The van der Waals surface area contributed by atoms with Crippen LogP contribution in [0, 0.1) is 5.82 Å². The molecule has 11 heteroatoms. The van der Waals surface area contributed by atoms with Gasteiger partial charge in [0.1, 0.15) is 24.8 Å². The lowest BCUT2D eigenvalue weighted by atomic mass is 10.1. The molecule has 0 radical (unpaired) electrons. The quantitative estimate of drug-likeness (QED) is 0.474. The Morgan fingerprint density at radius 2 is 1.91 bits per heavy atom. The Morgan fingerprint density at radius 1 is 1.18 bits per heavy atom. The number of rotatable bonds is 8. The largest absolute Gasteiger partial charge is 0.447 e. The fourth-order valence-electron chi connectivity index (χ4n) is 2.98. The van der Waals surface area contributed by atoms with Crippen LogP contribution in [-0.4, -0.2) is 46.4 Å². The van der Waals surface area contributed by atoms with Gasteiger partial charge in [0, 0.05) is 28.9 Å². The number of carbonyl (C=O) groups excluding carboxylic acids is 2. The van der Waals surface area contributed by atoms with Gasteiger partial charge in [-0.1, -0.05) is 35.3 Å². The molecular weight excluding hydrogens is 472 g/mol. The number of halogens is 3. The van der Waals surface area contributed by atoms with E-state index in [1.54, 1.807) is 25.1 Å². The minimum atomic E-state index is -0.774. The summed E-state index contributed by atoms with van der Waals surface area (Å²) in [5, 5.41) is 7.35. The third-order valence-electron chi connectivity index (χ3n) is 4.73. The number of hydrogen-bond acceptors (Lipinski definition) is 5. The maximum Gasteiger partial charge on any atom is 0.411 e. The first kappa shape index (κ1) is 24.3. The van der Waals surface area contributed by atoms with Crippen molar-refractivity contribution >= 4 is 46.7 Å². The van der Waals surface area contributed by atoms with E-state index in [1.807, 2.05) is 12.1 Å². The van der Waals surface area contributed by atoms with E-state index >= 15 is 0 Å². The van der Waals surface area contributed by atoms with Crippen LogP contribution in [0.3, 0.4) is 0 Å². The minimum absolute atomic E-state index is 0.0495. The van der Waals surface area contributed by atoms with Gasteiger partial charge in [0.2, 0.25) is 5.91 Å². The molecule has 0 unspecified atom stereocenters. The van der Waals surface area contributed by atoms with Gasteiger partial charge in [0.25, 0.3) is 0 Å². The summed E-state index contributed by atoms with van der Waals surface area (Å²) < 4.78 is 20.0. The first-order valence-corrected chi connectivity index (χ1v) is 10.8. The molecule has 3 N–H and O–H groups in total. The topological polar surface area (TPSA) is 102 Å². The van der Waals surface area contributed by atoms with Crippen LogP contribution in [-0.2, 0) is 16.1 Å². The molecule has 2 aromatic carbocycles. The van der Waals surface area contributed by atoms with Crippen molar-refractivity contribution < 1.29 is 18.7 Å². The number of anilines is 2. The van der Waals surface area contributed by atoms with Crippen molar-refractivity contribution in [2.45, 2.75) is 13.5 Å². The van der Waals surface area contributed by atoms with Crippen LogP contribution in [0.1, 0.15) is 6.92 Å². The standard InChI is InChI=1S/C22H22Cl2FN5O3/c1-2-29(9-10-33-22(32)27-16-7-8-17(24)18(25)11-16)21(31)13-30-20(26)12-19(28-30)14-3-5-15(23)6-4-14/h3-8,11-12H,2,9-10,13,26H2,1H3,(H,27,32). The van der Waals surface area contributed by atoms with Crippen LogP contribution in [0.25, 0.3) is 11.3 Å². The van der Waals surface area contributed by atoms with Gasteiger partial charge < -0.3 is 15.4 Å². The van der Waals surface area contributed by atoms with Crippen LogP contribution in [0.5, 0.6) is 0 Å². The number of hydrogen-bond donors (Lipinski definition) is 2. The zero-order chi connectivity index (χ0) is 24.0. The van der Waals surface area contributed by atoms with Crippen LogP contribution < -0.4 is 11.1 Å². The van der Waals surface area contributed by atoms with Crippen LogP contribution >= 0.6 is 23.2 Å². The molecule has 0 aliphatic heterocycles. The molecule has 0 aliphatic carbocycles. The number of carbonyl (C=O) groups is 2. The predicted octanol–water partition coefficient (Wildman–Crippen LogP) is 4.68. The normalized spacial score (nSPS) is 10.7. The zero-order valence-corrected chi connectivity index (χ0v) is 19.2. The van der Waals surface area contributed by atoms with E-state index in [4.69, 9.17) is 33.7 Å². The Bertz CT molecular complexity index is 1140. The number of ether oxygens (including phenoxy) is 1. The fourth-order valence-corrected chi connectivity index (χ4v) is 3.23. The summed E-state index contributed by atoms with van der Waals surface area (Å²) in [6.45, 7) is 2.26. The summed E-state index contributed by atoms with van der Waals surface area (Å²) in [5.74, 6) is -0.553. The van der Waals surface area contributed by atoms with Crippen molar-refractivity contribution in [3.63, 3.8) is 0 Å². The molecule has 8 nitrogen and oxygen atoms in total. The number of aromatic nitrogens is 2. The lowest BCUT2D eigenvalue weighted by Crippen LogP contribution is -2.37. The number of nitrogens with one attached hydrogen (secondary N) is 1. The van der Waals surface area contributed by atoms with Gasteiger partial charge in [-0.25, -0.2) is 13.9 Å². The molecule has 0 atom stereocenters. The molecule has 0 saturated carbocycles. The van der Waals surface area contributed by atoms with Gasteiger partial charge in [-0.2, -0.15) is 5.10 Å². The molecule has 2 amide bonds. The summed E-state index contributed by atoms with van der Waals surface area (Å²) in [4.78, 5) is 26.1. The highest BCUT2D eigenvalue weighted by Crippen LogP contribution is 2.22. The minimum Gasteiger partial charge on any atom is -0.447 e. The Hall–Kier alpha value is -3.30. The van der Waals surface area contributed by atoms with Crippen LogP contribution in [0.4, 0.5) is 20.7 Å². The maximum atomic E-state index is 13.5. The molecule has 3 aromatic rings. The monoisotopic (exact) mass is 493 g/mol. The molecule has 0 bridgehead atoms. The Balaban J connectivity index is 1.52. The fraction of sp³-hybridized carbons (Fsp3) is 0.227. The highest BCUT2D eigenvalue weighted by molar-refractivity contribution is 6.31. The van der Waals surface area contributed by atoms with Gasteiger partial charge in [-0.15, -0.1) is 0 Å². The molecular formula is C22H22Cl2FN5O3. The molecule has 0 spiro atoms. The van der Waals surface area contributed by atoms with E-state index in [-0.39, 0.29) is 36.3 Å². The second-order valence-electron chi connectivity index (χ2n) is 6.98. The smallest absolute Gasteiger partial charge is 0.411 e. The molecule has 0 saturated heterocycles. The summed E-state index contributed by atoms with van der Waals surface area (Å²) in [5.41, 5.74) is 7.67. The van der Waals surface area contributed by atoms with Gasteiger partial charge in [0.15, 0.2) is 0 Å². The third kappa shape index (κ3) is 6.59. The van der Waals surface area contributed by atoms with Crippen LogP contribution in [0.15, 0.2) is 48.5 Å². The van der Waals surface area contributed by atoms with E-state index in [0.29, 0.717) is 23.1 Å². The predicted molar refractivity (Wildman–Crippen MR) is 126 cm³/mol. The lowest BCUT2D eigenvalue weighted by Gasteiger charge is -2.21. The van der Waals surface area contributed by atoms with Crippen molar-refractivity contribution in [2.24, 2.45) is 0 Å². The molecule has 33 heavy (non-hydrogen) atoms. The van der Waals surface area contributed by atoms with E-state index in [2.05, 4.69) is 10.4 Å². The highest BCUT2D eigenvalue weighted by Gasteiger charge is 2.16. The van der Waals surface area contributed by atoms with E-state index < -0.39 is 11.9 Å². The van der Waals surface area contributed by atoms with E-state index in [0.717, 1.165) is 11.6 Å². The average molecular weight is 494 g/mol. The van der Waals surface area contributed by atoms with Gasteiger partial charge >= 0.3 is 6.09 Å². The molecule has 1 aromatic heterocycles.